The summed E-state index contributed by atoms with van der Waals surface area (Å²) in [4.78, 5) is 0. The van der Waals surface area contributed by atoms with Gasteiger partial charge in [0.05, 0.1) is 6.10 Å². The maximum absolute atomic E-state index is 10.4. The molecule has 1 N–H and O–H groups in total. The maximum atomic E-state index is 10.4. The number of rotatable bonds is 1. The first-order chi connectivity index (χ1) is 9.61. The van der Waals surface area contributed by atoms with Crippen molar-refractivity contribution in [3.63, 3.8) is 0 Å². The minimum atomic E-state index is -0.153. The number of aliphatic hydroxyl groups is 1. The molecule has 0 aliphatic heterocycles. The highest BCUT2D eigenvalue weighted by atomic mass is 16.3. The number of fused-ring (bicyclic) bond motifs is 1. The van der Waals surface area contributed by atoms with Crippen LogP contribution in [-0.4, -0.2) is 11.2 Å². The Bertz CT molecular complexity index is 552. The smallest absolute Gasteiger partial charge is 0.0631 e. The van der Waals surface area contributed by atoms with Crippen LogP contribution in [0.5, 0.6) is 0 Å². The number of benzene rings is 1. The van der Waals surface area contributed by atoms with Crippen molar-refractivity contribution in [3.05, 3.63) is 52.6 Å². The zero-order chi connectivity index (χ0) is 14.2. The molecule has 2 aliphatic carbocycles. The second kappa shape index (κ2) is 5.21. The van der Waals surface area contributed by atoms with E-state index in [1.165, 1.54) is 22.3 Å². The number of aliphatic hydroxyl groups excluding tert-OH is 1. The molecule has 2 aliphatic rings. The van der Waals surface area contributed by atoms with Crippen molar-refractivity contribution in [2.24, 2.45) is 5.41 Å². The number of allylic oxidation sites excluding steroid dienone is 2. The fourth-order valence-electron chi connectivity index (χ4n) is 3.92. The molecule has 1 aromatic rings. The molecule has 0 bridgehead atoms. The van der Waals surface area contributed by atoms with Crippen LogP contribution in [0.2, 0.25) is 0 Å². The molecule has 2 atom stereocenters. The molecular weight excluding hydrogens is 244 g/mol. The van der Waals surface area contributed by atoms with Crippen LogP contribution in [0.1, 0.15) is 51.5 Å². The first-order valence-electron chi connectivity index (χ1n) is 7.75. The lowest BCUT2D eigenvalue weighted by Crippen LogP contribution is -2.40. The lowest BCUT2D eigenvalue weighted by molar-refractivity contribution is 0.0279. The summed E-state index contributed by atoms with van der Waals surface area (Å²) < 4.78 is 0. The van der Waals surface area contributed by atoms with Crippen LogP contribution in [0.15, 0.2) is 47.1 Å². The maximum Gasteiger partial charge on any atom is 0.0631 e. The van der Waals surface area contributed by atoms with E-state index in [1.54, 1.807) is 0 Å². The first-order valence-corrected chi connectivity index (χ1v) is 7.75. The third-order valence-electron chi connectivity index (χ3n) is 5.32. The van der Waals surface area contributed by atoms with E-state index < -0.39 is 0 Å². The van der Waals surface area contributed by atoms with Crippen molar-refractivity contribution in [1.82, 2.24) is 0 Å². The molecule has 0 heterocycles. The molecule has 0 amide bonds. The molecule has 0 radical (unpaired) electrons. The molecule has 1 nitrogen and oxygen atoms in total. The topological polar surface area (TPSA) is 20.2 Å². The lowest BCUT2D eigenvalue weighted by atomic mass is 9.61. The Hall–Kier alpha value is -1.34. The van der Waals surface area contributed by atoms with Crippen molar-refractivity contribution >= 4 is 6.08 Å². The van der Waals surface area contributed by atoms with Gasteiger partial charge in [0.2, 0.25) is 0 Å². The van der Waals surface area contributed by atoms with Gasteiger partial charge in [-0.2, -0.15) is 0 Å². The highest BCUT2D eigenvalue weighted by Crippen LogP contribution is 2.51. The molecule has 0 aromatic heterocycles. The Morgan fingerprint density at radius 1 is 1.20 bits per heavy atom. The third kappa shape index (κ3) is 2.25. The van der Waals surface area contributed by atoms with E-state index in [1.807, 2.05) is 0 Å². The van der Waals surface area contributed by atoms with Crippen molar-refractivity contribution in [2.45, 2.75) is 52.1 Å². The molecule has 0 saturated heterocycles. The molecule has 3 rings (SSSR count). The van der Waals surface area contributed by atoms with Gasteiger partial charge in [0, 0.05) is 5.41 Å². The summed E-state index contributed by atoms with van der Waals surface area (Å²) in [7, 11) is 0. The summed E-state index contributed by atoms with van der Waals surface area (Å²) in [6.07, 6.45) is 7.58. The molecule has 0 unspecified atom stereocenters. The van der Waals surface area contributed by atoms with Crippen molar-refractivity contribution in [2.75, 3.05) is 0 Å². The lowest BCUT2D eigenvalue weighted by Gasteiger charge is -2.45. The summed E-state index contributed by atoms with van der Waals surface area (Å²) in [6, 6.07) is 10.6. The average molecular weight is 268 g/mol. The highest BCUT2D eigenvalue weighted by Gasteiger charge is 2.42. The minimum Gasteiger partial charge on any atom is -0.392 e. The van der Waals surface area contributed by atoms with Gasteiger partial charge >= 0.3 is 0 Å². The SMILES string of the molecule is CC1=C2CCC[C@H](O)[C@@]2(C)CCC1=Cc1ccccc1. The van der Waals surface area contributed by atoms with Crippen LogP contribution >= 0.6 is 0 Å². The van der Waals surface area contributed by atoms with Gasteiger partial charge in [-0.05, 0) is 55.7 Å². The fourth-order valence-corrected chi connectivity index (χ4v) is 3.92. The largest absolute Gasteiger partial charge is 0.392 e. The summed E-state index contributed by atoms with van der Waals surface area (Å²) in [5.74, 6) is 0. The van der Waals surface area contributed by atoms with Crippen LogP contribution in [0.3, 0.4) is 0 Å². The normalized spacial score (nSPS) is 32.4. The number of hydrogen-bond donors (Lipinski definition) is 1. The van der Waals surface area contributed by atoms with E-state index in [2.05, 4.69) is 50.3 Å². The summed E-state index contributed by atoms with van der Waals surface area (Å²) >= 11 is 0. The van der Waals surface area contributed by atoms with Crippen LogP contribution < -0.4 is 0 Å². The van der Waals surface area contributed by atoms with Gasteiger partial charge in [-0.15, -0.1) is 0 Å². The molecule has 20 heavy (non-hydrogen) atoms. The zero-order valence-electron chi connectivity index (χ0n) is 12.5. The summed E-state index contributed by atoms with van der Waals surface area (Å²) in [5.41, 5.74) is 5.70. The van der Waals surface area contributed by atoms with Gasteiger partial charge in [-0.1, -0.05) is 48.9 Å². The highest BCUT2D eigenvalue weighted by molar-refractivity contribution is 5.60. The second-order valence-corrected chi connectivity index (χ2v) is 6.51. The van der Waals surface area contributed by atoms with Gasteiger partial charge < -0.3 is 5.11 Å². The van der Waals surface area contributed by atoms with Gasteiger partial charge in [-0.25, -0.2) is 0 Å². The van der Waals surface area contributed by atoms with Crippen LogP contribution in [0.25, 0.3) is 6.08 Å². The number of hydrogen-bond acceptors (Lipinski definition) is 1. The van der Waals surface area contributed by atoms with Crippen LogP contribution in [0.4, 0.5) is 0 Å². The van der Waals surface area contributed by atoms with Gasteiger partial charge in [0.15, 0.2) is 0 Å². The van der Waals surface area contributed by atoms with E-state index in [9.17, 15) is 5.11 Å². The van der Waals surface area contributed by atoms with Crippen molar-refractivity contribution < 1.29 is 5.11 Å². The summed E-state index contributed by atoms with van der Waals surface area (Å²) in [5, 5.41) is 10.4. The summed E-state index contributed by atoms with van der Waals surface area (Å²) in [6.45, 7) is 4.51. The molecule has 1 fully saturated rings. The van der Waals surface area contributed by atoms with Crippen molar-refractivity contribution in [3.8, 4) is 0 Å². The van der Waals surface area contributed by atoms with E-state index in [0.29, 0.717) is 0 Å². The Kier molecular flexibility index (Phi) is 3.55. The predicted octanol–water partition coefficient (Wildman–Crippen LogP) is 4.73. The second-order valence-electron chi connectivity index (χ2n) is 6.51. The monoisotopic (exact) mass is 268 g/mol. The quantitative estimate of drug-likeness (QED) is 0.780. The molecule has 106 valence electrons. The predicted molar refractivity (Wildman–Crippen MR) is 84.3 cm³/mol. The molecule has 0 spiro atoms. The van der Waals surface area contributed by atoms with E-state index in [-0.39, 0.29) is 11.5 Å². The molecule has 1 heteroatoms. The molecular formula is C19H24O. The van der Waals surface area contributed by atoms with E-state index >= 15 is 0 Å². The Morgan fingerprint density at radius 3 is 2.70 bits per heavy atom. The Labute approximate surface area is 122 Å². The Balaban J connectivity index is 1.99. The van der Waals surface area contributed by atoms with Crippen molar-refractivity contribution in [1.29, 1.82) is 0 Å². The van der Waals surface area contributed by atoms with Gasteiger partial charge in [0.1, 0.15) is 0 Å². The Morgan fingerprint density at radius 2 is 1.95 bits per heavy atom. The zero-order valence-corrected chi connectivity index (χ0v) is 12.5. The average Bonchev–Trinajstić information content (AvgIpc) is 2.46. The molecule has 1 saturated carbocycles. The van der Waals surface area contributed by atoms with Gasteiger partial charge in [-0.3, -0.25) is 0 Å². The fraction of sp³-hybridized carbons (Fsp3) is 0.474. The third-order valence-corrected chi connectivity index (χ3v) is 5.32. The minimum absolute atomic E-state index is 0.0242. The van der Waals surface area contributed by atoms with Gasteiger partial charge in [0.25, 0.3) is 0 Å². The standard InChI is InChI=1S/C19H24O/c1-14-16(13-15-7-4-3-5-8-15)11-12-19(2)17(14)9-6-10-18(19)20/h3-5,7-8,13,18,20H,6,9-12H2,1-2H3/t18-,19-/m0/s1. The molecule has 1 aromatic carbocycles. The van der Waals surface area contributed by atoms with Crippen LogP contribution in [0, 0.1) is 5.41 Å². The van der Waals surface area contributed by atoms with E-state index in [0.717, 1.165) is 32.1 Å². The first kappa shape index (κ1) is 13.6. The van der Waals surface area contributed by atoms with Crippen LogP contribution in [-0.2, 0) is 0 Å². The van der Waals surface area contributed by atoms with E-state index in [4.69, 9.17) is 0 Å².